The van der Waals surface area contributed by atoms with Crippen molar-refractivity contribution in [3.8, 4) is 5.75 Å². The number of aliphatic hydroxyl groups excluding tert-OH is 1. The van der Waals surface area contributed by atoms with Gasteiger partial charge in [-0.2, -0.15) is 5.10 Å². The summed E-state index contributed by atoms with van der Waals surface area (Å²) in [6, 6.07) is 0. The predicted octanol–water partition coefficient (Wildman–Crippen LogP) is 2.61. The van der Waals surface area contributed by atoms with Gasteiger partial charge in [-0.05, 0) is 19.3 Å². The maximum absolute atomic E-state index is 10.00. The summed E-state index contributed by atoms with van der Waals surface area (Å²) < 4.78 is 7.91. The van der Waals surface area contributed by atoms with Gasteiger partial charge in [0, 0.05) is 18.4 Å². The van der Waals surface area contributed by atoms with E-state index in [0.717, 1.165) is 38.0 Å². The van der Waals surface area contributed by atoms with Crippen molar-refractivity contribution >= 4 is 0 Å². The van der Waals surface area contributed by atoms with Crippen LogP contribution in [0.3, 0.4) is 0 Å². The van der Waals surface area contributed by atoms with Gasteiger partial charge in [0.15, 0.2) is 5.75 Å². The fraction of sp³-hybridized carbons (Fsp3) is 0.786. The summed E-state index contributed by atoms with van der Waals surface area (Å²) in [4.78, 5) is 0. The van der Waals surface area contributed by atoms with E-state index in [1.807, 2.05) is 10.9 Å². The fourth-order valence-electron chi connectivity index (χ4n) is 2.99. The fourth-order valence-corrected chi connectivity index (χ4v) is 2.99. The van der Waals surface area contributed by atoms with Crippen molar-refractivity contribution in [1.82, 2.24) is 9.78 Å². The molecule has 0 radical (unpaired) electrons. The molecule has 0 amide bonds. The highest BCUT2D eigenvalue weighted by molar-refractivity contribution is 5.15. The maximum Gasteiger partial charge on any atom is 0.157 e. The van der Waals surface area contributed by atoms with Crippen molar-refractivity contribution in [3.63, 3.8) is 0 Å². The lowest BCUT2D eigenvalue weighted by Crippen LogP contribution is -2.59. The molecule has 1 aliphatic carbocycles. The van der Waals surface area contributed by atoms with Crippen molar-refractivity contribution in [2.45, 2.75) is 65.2 Å². The van der Waals surface area contributed by atoms with E-state index in [-0.39, 0.29) is 17.6 Å². The van der Waals surface area contributed by atoms with Crippen LogP contribution in [0, 0.1) is 5.41 Å². The van der Waals surface area contributed by atoms with Gasteiger partial charge in [-0.25, -0.2) is 0 Å². The van der Waals surface area contributed by atoms with Crippen LogP contribution in [0.1, 0.15) is 46.5 Å². The smallest absolute Gasteiger partial charge is 0.157 e. The van der Waals surface area contributed by atoms with Crippen LogP contribution in [0.4, 0.5) is 0 Å². The molecule has 1 aliphatic rings. The molecule has 1 aromatic heterocycles. The van der Waals surface area contributed by atoms with Crippen molar-refractivity contribution in [2.75, 3.05) is 0 Å². The zero-order chi connectivity index (χ0) is 13.2. The molecule has 2 unspecified atom stereocenters. The van der Waals surface area contributed by atoms with Gasteiger partial charge < -0.3 is 9.84 Å². The van der Waals surface area contributed by atoms with Crippen LogP contribution < -0.4 is 4.74 Å². The second kappa shape index (κ2) is 5.31. The molecule has 1 fully saturated rings. The highest BCUT2D eigenvalue weighted by Crippen LogP contribution is 2.48. The molecule has 0 spiro atoms. The lowest BCUT2D eigenvalue weighted by Gasteiger charge is -2.52. The Morgan fingerprint density at radius 3 is 2.72 bits per heavy atom. The summed E-state index contributed by atoms with van der Waals surface area (Å²) >= 11 is 0. The SMILES string of the molecule is CCCn1cc(OC2CC(O)C2(CC)CC)cn1. The molecule has 2 rings (SSSR count). The average molecular weight is 252 g/mol. The molecule has 2 atom stereocenters. The standard InChI is InChI=1S/C14H24N2O2/c1-4-7-16-10-11(9-15-16)18-13-8-12(17)14(13,5-2)6-3/h9-10,12-13,17H,4-8H2,1-3H3. The third-order valence-corrected chi connectivity index (χ3v) is 4.40. The van der Waals surface area contributed by atoms with Gasteiger partial charge in [0.05, 0.1) is 18.5 Å². The van der Waals surface area contributed by atoms with Gasteiger partial charge in [0.2, 0.25) is 0 Å². The van der Waals surface area contributed by atoms with Crippen LogP contribution in [0.25, 0.3) is 0 Å². The number of nitrogens with zero attached hydrogens (tertiary/aromatic N) is 2. The molecule has 0 aliphatic heterocycles. The van der Waals surface area contributed by atoms with Crippen LogP contribution in [0.5, 0.6) is 5.75 Å². The Kier molecular flexibility index (Phi) is 3.95. The molecule has 0 aromatic carbocycles. The normalized spacial score (nSPS) is 25.8. The first kappa shape index (κ1) is 13.4. The second-order valence-corrected chi connectivity index (χ2v) is 5.24. The second-order valence-electron chi connectivity index (χ2n) is 5.24. The van der Waals surface area contributed by atoms with Crippen molar-refractivity contribution in [1.29, 1.82) is 0 Å². The third-order valence-electron chi connectivity index (χ3n) is 4.40. The van der Waals surface area contributed by atoms with E-state index in [1.165, 1.54) is 0 Å². The topological polar surface area (TPSA) is 47.3 Å². The number of hydrogen-bond donors (Lipinski definition) is 1. The van der Waals surface area contributed by atoms with E-state index in [9.17, 15) is 5.11 Å². The first-order valence-electron chi connectivity index (χ1n) is 7.03. The minimum atomic E-state index is -0.219. The molecular weight excluding hydrogens is 228 g/mol. The molecule has 4 nitrogen and oxygen atoms in total. The summed E-state index contributed by atoms with van der Waals surface area (Å²) in [5.74, 6) is 0.826. The van der Waals surface area contributed by atoms with Gasteiger partial charge in [-0.15, -0.1) is 0 Å². The van der Waals surface area contributed by atoms with Crippen molar-refractivity contribution in [3.05, 3.63) is 12.4 Å². The molecule has 1 N–H and O–H groups in total. The minimum Gasteiger partial charge on any atom is -0.486 e. The van der Waals surface area contributed by atoms with E-state index in [0.29, 0.717) is 0 Å². The summed E-state index contributed by atoms with van der Waals surface area (Å²) in [6.45, 7) is 7.30. The quantitative estimate of drug-likeness (QED) is 0.846. The Morgan fingerprint density at radius 2 is 2.17 bits per heavy atom. The number of ether oxygens (including phenoxy) is 1. The Labute approximate surface area is 109 Å². The van der Waals surface area contributed by atoms with Crippen LogP contribution >= 0.6 is 0 Å². The van der Waals surface area contributed by atoms with Gasteiger partial charge in [0.1, 0.15) is 6.10 Å². The summed E-state index contributed by atoms with van der Waals surface area (Å²) in [5, 5.41) is 14.3. The molecule has 1 heterocycles. The molecule has 1 saturated carbocycles. The molecule has 102 valence electrons. The molecular formula is C14H24N2O2. The van der Waals surface area contributed by atoms with Crippen molar-refractivity contribution in [2.24, 2.45) is 5.41 Å². The number of hydrogen-bond acceptors (Lipinski definition) is 3. The van der Waals surface area contributed by atoms with Gasteiger partial charge in [-0.3, -0.25) is 4.68 Å². The zero-order valence-electron chi connectivity index (χ0n) is 11.6. The minimum absolute atomic E-state index is 0.0626. The average Bonchev–Trinajstić information content (AvgIpc) is 2.78. The van der Waals surface area contributed by atoms with E-state index in [2.05, 4.69) is 25.9 Å². The van der Waals surface area contributed by atoms with Crippen LogP contribution in [-0.2, 0) is 6.54 Å². The van der Waals surface area contributed by atoms with E-state index in [1.54, 1.807) is 6.20 Å². The van der Waals surface area contributed by atoms with Crippen LogP contribution in [-0.4, -0.2) is 27.1 Å². The lowest BCUT2D eigenvalue weighted by molar-refractivity contribution is -0.159. The molecule has 0 saturated heterocycles. The highest BCUT2D eigenvalue weighted by atomic mass is 16.5. The number of rotatable bonds is 6. The maximum atomic E-state index is 10.00. The lowest BCUT2D eigenvalue weighted by atomic mass is 9.60. The largest absolute Gasteiger partial charge is 0.486 e. The van der Waals surface area contributed by atoms with E-state index in [4.69, 9.17) is 4.74 Å². The summed E-state index contributed by atoms with van der Waals surface area (Å²) in [7, 11) is 0. The molecule has 0 bridgehead atoms. The van der Waals surface area contributed by atoms with Crippen LogP contribution in [0.15, 0.2) is 12.4 Å². The third kappa shape index (κ3) is 2.14. The summed E-state index contributed by atoms with van der Waals surface area (Å²) in [6.07, 6.45) is 7.35. The molecule has 1 aromatic rings. The number of aryl methyl sites for hydroxylation is 1. The van der Waals surface area contributed by atoms with E-state index < -0.39 is 0 Å². The molecule has 4 heteroatoms. The first-order chi connectivity index (χ1) is 8.66. The van der Waals surface area contributed by atoms with Gasteiger partial charge >= 0.3 is 0 Å². The van der Waals surface area contributed by atoms with Crippen LogP contribution in [0.2, 0.25) is 0 Å². The Bertz CT molecular complexity index is 385. The zero-order valence-corrected chi connectivity index (χ0v) is 11.6. The predicted molar refractivity (Wildman–Crippen MR) is 70.6 cm³/mol. The van der Waals surface area contributed by atoms with E-state index >= 15 is 0 Å². The van der Waals surface area contributed by atoms with Crippen molar-refractivity contribution < 1.29 is 9.84 Å². The Hall–Kier alpha value is -1.03. The first-order valence-corrected chi connectivity index (χ1v) is 7.03. The number of aromatic nitrogens is 2. The summed E-state index contributed by atoms with van der Waals surface area (Å²) in [5.41, 5.74) is -0.0626. The van der Waals surface area contributed by atoms with Gasteiger partial charge in [0.25, 0.3) is 0 Å². The highest BCUT2D eigenvalue weighted by Gasteiger charge is 2.53. The molecule has 18 heavy (non-hydrogen) atoms. The Balaban J connectivity index is 2.01. The Morgan fingerprint density at radius 1 is 1.44 bits per heavy atom. The van der Waals surface area contributed by atoms with Gasteiger partial charge in [-0.1, -0.05) is 20.8 Å². The monoisotopic (exact) mass is 252 g/mol. The number of aliphatic hydroxyl groups is 1.